The molecule has 2 rings (SSSR count). The van der Waals surface area contributed by atoms with Crippen molar-refractivity contribution in [2.75, 3.05) is 13.1 Å². The number of carbonyl (C=O) groups excluding carboxylic acids is 1. The van der Waals surface area contributed by atoms with Crippen molar-refractivity contribution in [3.63, 3.8) is 0 Å². The van der Waals surface area contributed by atoms with Crippen LogP contribution >= 0.6 is 12.4 Å². The van der Waals surface area contributed by atoms with E-state index in [4.69, 9.17) is 0 Å². The molecule has 0 aromatic heterocycles. The zero-order valence-corrected chi connectivity index (χ0v) is 12.4. The maximum absolute atomic E-state index is 12.2. The standard InChI is InChI=1S/C14H26N2O.ClH/c1-3-5-11(4-2)16-13(17)12-10-14(12)6-8-15-9-7-14;/h11-12,15H,3-10H2,1-2H3,(H,16,17);1H. The van der Waals surface area contributed by atoms with Gasteiger partial charge in [-0.15, -0.1) is 12.4 Å². The molecule has 0 aromatic carbocycles. The summed E-state index contributed by atoms with van der Waals surface area (Å²) in [4.78, 5) is 12.2. The molecule has 0 radical (unpaired) electrons. The highest BCUT2D eigenvalue weighted by Crippen LogP contribution is 2.58. The van der Waals surface area contributed by atoms with Gasteiger partial charge >= 0.3 is 0 Å². The van der Waals surface area contributed by atoms with E-state index in [1.165, 1.54) is 12.8 Å². The molecule has 1 aliphatic carbocycles. The van der Waals surface area contributed by atoms with Crippen LogP contribution in [-0.4, -0.2) is 25.0 Å². The lowest BCUT2D eigenvalue weighted by Crippen LogP contribution is -2.38. The number of amides is 1. The predicted octanol–water partition coefficient (Wildman–Crippen LogP) is 2.49. The zero-order chi connectivity index (χ0) is 12.3. The molecule has 1 saturated heterocycles. The average Bonchev–Trinajstić information content (AvgIpc) is 3.03. The van der Waals surface area contributed by atoms with Crippen molar-refractivity contribution in [3.8, 4) is 0 Å². The summed E-state index contributed by atoms with van der Waals surface area (Å²) < 4.78 is 0. The summed E-state index contributed by atoms with van der Waals surface area (Å²) in [5.74, 6) is 0.641. The second-order valence-electron chi connectivity index (χ2n) is 5.77. The molecule has 4 heteroatoms. The maximum atomic E-state index is 12.2. The summed E-state index contributed by atoms with van der Waals surface area (Å²) >= 11 is 0. The Balaban J connectivity index is 0.00000162. The van der Waals surface area contributed by atoms with Gasteiger partial charge < -0.3 is 10.6 Å². The van der Waals surface area contributed by atoms with Gasteiger partial charge in [0.05, 0.1) is 0 Å². The van der Waals surface area contributed by atoms with Crippen LogP contribution in [0.15, 0.2) is 0 Å². The minimum Gasteiger partial charge on any atom is -0.353 e. The number of piperidine rings is 1. The molecule has 106 valence electrons. The largest absolute Gasteiger partial charge is 0.353 e. The van der Waals surface area contributed by atoms with Gasteiger partial charge in [-0.05, 0) is 50.6 Å². The number of halogens is 1. The summed E-state index contributed by atoms with van der Waals surface area (Å²) in [7, 11) is 0. The van der Waals surface area contributed by atoms with Crippen LogP contribution in [0.3, 0.4) is 0 Å². The molecule has 2 N–H and O–H groups in total. The van der Waals surface area contributed by atoms with Crippen molar-refractivity contribution in [2.24, 2.45) is 11.3 Å². The first-order valence-corrected chi connectivity index (χ1v) is 7.23. The molecule has 0 bridgehead atoms. The second kappa shape index (κ2) is 6.76. The smallest absolute Gasteiger partial charge is 0.223 e. The predicted molar refractivity (Wildman–Crippen MR) is 77.0 cm³/mol. The summed E-state index contributed by atoms with van der Waals surface area (Å²) in [5, 5.41) is 6.62. The first-order valence-electron chi connectivity index (χ1n) is 7.23. The fraction of sp³-hybridized carbons (Fsp3) is 0.929. The highest BCUT2D eigenvalue weighted by atomic mass is 35.5. The first kappa shape index (κ1) is 15.8. The topological polar surface area (TPSA) is 41.1 Å². The minimum absolute atomic E-state index is 0. The molecule has 2 atom stereocenters. The van der Waals surface area contributed by atoms with Crippen molar-refractivity contribution in [3.05, 3.63) is 0 Å². The summed E-state index contributed by atoms with van der Waals surface area (Å²) in [6.07, 6.45) is 6.83. The van der Waals surface area contributed by atoms with Gasteiger partial charge in [-0.3, -0.25) is 4.79 Å². The van der Waals surface area contributed by atoms with E-state index in [0.717, 1.165) is 38.8 Å². The summed E-state index contributed by atoms with van der Waals surface area (Å²) in [6, 6.07) is 0.395. The molecule has 2 fully saturated rings. The SMILES string of the molecule is CCCC(CC)NC(=O)C1CC12CCNCC2.Cl. The van der Waals surface area contributed by atoms with Gasteiger partial charge in [-0.2, -0.15) is 0 Å². The van der Waals surface area contributed by atoms with Crippen LogP contribution in [0.25, 0.3) is 0 Å². The minimum atomic E-state index is 0. The molecule has 1 spiro atoms. The van der Waals surface area contributed by atoms with E-state index in [2.05, 4.69) is 24.5 Å². The number of nitrogens with one attached hydrogen (secondary N) is 2. The van der Waals surface area contributed by atoms with Crippen LogP contribution in [0.5, 0.6) is 0 Å². The number of hydrogen-bond donors (Lipinski definition) is 2. The molecular formula is C14H27ClN2O. The monoisotopic (exact) mass is 274 g/mol. The normalized spacial score (nSPS) is 26.2. The van der Waals surface area contributed by atoms with Gasteiger partial charge in [-0.25, -0.2) is 0 Å². The Morgan fingerprint density at radius 2 is 2.06 bits per heavy atom. The Bertz CT molecular complexity index is 277. The van der Waals surface area contributed by atoms with E-state index in [1.54, 1.807) is 0 Å². The van der Waals surface area contributed by atoms with Gasteiger partial charge in [-0.1, -0.05) is 20.3 Å². The van der Waals surface area contributed by atoms with Gasteiger partial charge in [0, 0.05) is 12.0 Å². The Kier molecular flexibility index (Phi) is 5.93. The van der Waals surface area contributed by atoms with E-state index in [9.17, 15) is 4.79 Å². The molecule has 2 aliphatic rings. The fourth-order valence-electron chi connectivity index (χ4n) is 3.22. The van der Waals surface area contributed by atoms with Crippen LogP contribution in [0.1, 0.15) is 52.4 Å². The van der Waals surface area contributed by atoms with Crippen LogP contribution in [0.4, 0.5) is 0 Å². The molecule has 1 saturated carbocycles. The molecule has 2 unspecified atom stereocenters. The molecular weight excluding hydrogens is 248 g/mol. The van der Waals surface area contributed by atoms with Crippen LogP contribution in [0, 0.1) is 11.3 Å². The number of carbonyl (C=O) groups is 1. The molecule has 18 heavy (non-hydrogen) atoms. The van der Waals surface area contributed by atoms with E-state index in [1.807, 2.05) is 0 Å². The summed E-state index contributed by atoms with van der Waals surface area (Å²) in [6.45, 7) is 6.53. The first-order chi connectivity index (χ1) is 8.22. The lowest BCUT2D eigenvalue weighted by Gasteiger charge is -2.24. The molecule has 1 aliphatic heterocycles. The molecule has 3 nitrogen and oxygen atoms in total. The van der Waals surface area contributed by atoms with Crippen LogP contribution < -0.4 is 10.6 Å². The van der Waals surface area contributed by atoms with Crippen molar-refractivity contribution in [1.29, 1.82) is 0 Å². The molecule has 0 aromatic rings. The molecule has 1 amide bonds. The average molecular weight is 275 g/mol. The Hall–Kier alpha value is -0.280. The van der Waals surface area contributed by atoms with E-state index in [-0.39, 0.29) is 12.4 Å². The van der Waals surface area contributed by atoms with Crippen LogP contribution in [0.2, 0.25) is 0 Å². The van der Waals surface area contributed by atoms with Gasteiger partial charge in [0.25, 0.3) is 0 Å². The van der Waals surface area contributed by atoms with Crippen molar-refractivity contribution >= 4 is 18.3 Å². The quantitative estimate of drug-likeness (QED) is 0.809. The third kappa shape index (κ3) is 3.39. The lowest BCUT2D eigenvalue weighted by molar-refractivity contribution is -0.124. The second-order valence-corrected chi connectivity index (χ2v) is 5.77. The number of rotatable bonds is 5. The third-order valence-corrected chi connectivity index (χ3v) is 4.58. The Morgan fingerprint density at radius 1 is 1.39 bits per heavy atom. The van der Waals surface area contributed by atoms with Gasteiger partial charge in [0.15, 0.2) is 0 Å². The Labute approximate surface area is 117 Å². The van der Waals surface area contributed by atoms with E-state index >= 15 is 0 Å². The number of hydrogen-bond acceptors (Lipinski definition) is 2. The van der Waals surface area contributed by atoms with E-state index < -0.39 is 0 Å². The molecule has 1 heterocycles. The fourth-order valence-corrected chi connectivity index (χ4v) is 3.22. The highest BCUT2D eigenvalue weighted by Gasteiger charge is 2.57. The van der Waals surface area contributed by atoms with Crippen molar-refractivity contribution in [1.82, 2.24) is 10.6 Å². The zero-order valence-electron chi connectivity index (χ0n) is 11.6. The maximum Gasteiger partial charge on any atom is 0.223 e. The van der Waals surface area contributed by atoms with E-state index in [0.29, 0.717) is 23.3 Å². The van der Waals surface area contributed by atoms with Gasteiger partial charge in [0.1, 0.15) is 0 Å². The van der Waals surface area contributed by atoms with Crippen molar-refractivity contribution in [2.45, 2.75) is 58.4 Å². The highest BCUT2D eigenvalue weighted by molar-refractivity contribution is 5.85. The summed E-state index contributed by atoms with van der Waals surface area (Å²) in [5.41, 5.74) is 0.375. The third-order valence-electron chi connectivity index (χ3n) is 4.58. The van der Waals surface area contributed by atoms with Crippen LogP contribution in [-0.2, 0) is 4.79 Å². The van der Waals surface area contributed by atoms with Crippen molar-refractivity contribution < 1.29 is 4.79 Å². The van der Waals surface area contributed by atoms with Gasteiger partial charge in [0.2, 0.25) is 5.91 Å². The Morgan fingerprint density at radius 3 is 2.61 bits per heavy atom. The lowest BCUT2D eigenvalue weighted by atomic mass is 9.91.